The Morgan fingerprint density at radius 2 is 2.40 bits per heavy atom. The monoisotopic (exact) mass is 215 g/mol. The van der Waals surface area contributed by atoms with Crippen LogP contribution in [0.25, 0.3) is 0 Å². The summed E-state index contributed by atoms with van der Waals surface area (Å²) in [5, 5.41) is 3.62. The fourth-order valence-electron chi connectivity index (χ4n) is 0.896. The minimum absolute atomic E-state index is 0.0421. The van der Waals surface area contributed by atoms with Crippen molar-refractivity contribution in [1.82, 2.24) is 15.8 Å². The summed E-state index contributed by atoms with van der Waals surface area (Å²) in [6, 6.07) is -0.616. The predicted octanol–water partition coefficient (Wildman–Crippen LogP) is -0.401. The average Bonchev–Trinajstić information content (AvgIpc) is 2.21. The van der Waals surface area contributed by atoms with E-state index in [1.165, 1.54) is 6.08 Å². The molecule has 0 aromatic rings. The summed E-state index contributed by atoms with van der Waals surface area (Å²) in [6.07, 6.45) is 2.51. The van der Waals surface area contributed by atoms with Gasteiger partial charge in [-0.25, -0.2) is 9.80 Å². The molecule has 0 aliphatic heterocycles. The van der Waals surface area contributed by atoms with E-state index in [4.69, 9.17) is 5.73 Å². The van der Waals surface area contributed by atoms with Gasteiger partial charge in [0.1, 0.15) is 0 Å². The van der Waals surface area contributed by atoms with Crippen LogP contribution in [0.4, 0.5) is 4.79 Å². The van der Waals surface area contributed by atoms with Crippen molar-refractivity contribution in [3.8, 4) is 0 Å². The fourth-order valence-corrected chi connectivity index (χ4v) is 0.896. The zero-order valence-electron chi connectivity index (χ0n) is 8.90. The lowest BCUT2D eigenvalue weighted by Crippen LogP contribution is -2.42. The maximum absolute atomic E-state index is 10.8. The minimum atomic E-state index is -0.616. The first-order chi connectivity index (χ1) is 7.11. The predicted molar refractivity (Wildman–Crippen MR) is 56.8 cm³/mol. The van der Waals surface area contributed by atoms with Gasteiger partial charge in [0.05, 0.1) is 6.54 Å². The lowest BCUT2D eigenvalue weighted by molar-refractivity contribution is -0.120. The molecule has 0 rings (SSSR count). The Hall–Kier alpha value is -1.56. The molecule has 15 heavy (non-hydrogen) atoms. The third kappa shape index (κ3) is 6.50. The van der Waals surface area contributed by atoms with E-state index in [2.05, 4.69) is 17.3 Å². The van der Waals surface area contributed by atoms with Crippen molar-refractivity contribution in [1.29, 1.82) is 0 Å². The van der Waals surface area contributed by atoms with E-state index in [1.807, 2.05) is 0 Å². The molecule has 0 heterocycles. The summed E-state index contributed by atoms with van der Waals surface area (Å²) >= 11 is 0. The Kier molecular flexibility index (Phi) is 7.00. The number of hydrogen-bond acceptors (Lipinski definition) is 2. The zero-order valence-corrected chi connectivity index (χ0v) is 8.90. The van der Waals surface area contributed by atoms with Crippen LogP contribution < -0.4 is 16.5 Å². The smallest absolute Gasteiger partial charge is 0.330 e. The third-order valence-corrected chi connectivity index (χ3v) is 1.67. The Morgan fingerprint density at radius 1 is 1.73 bits per heavy atom. The van der Waals surface area contributed by atoms with Crippen molar-refractivity contribution in [3.05, 3.63) is 12.7 Å². The largest absolute Gasteiger partial charge is 0.359 e. The van der Waals surface area contributed by atoms with Gasteiger partial charge in [0.2, 0.25) is 5.91 Å². The first-order valence-electron chi connectivity index (χ1n) is 4.67. The topological polar surface area (TPSA) is 89.5 Å². The molecule has 6 heteroatoms. The van der Waals surface area contributed by atoms with Crippen LogP contribution in [0.3, 0.4) is 0 Å². The molecule has 1 radical (unpaired) electrons. The van der Waals surface area contributed by atoms with Crippen molar-refractivity contribution in [2.45, 2.75) is 12.8 Å². The number of primary amides is 1. The summed E-state index contributed by atoms with van der Waals surface area (Å²) in [5.74, 6) is -0.0421. The van der Waals surface area contributed by atoms with Crippen LogP contribution in [0.5, 0.6) is 0 Å². The molecule has 6 nitrogen and oxygen atoms in total. The van der Waals surface area contributed by atoms with Crippen molar-refractivity contribution in [2.24, 2.45) is 5.73 Å². The fraction of sp³-hybridized carbons (Fsp3) is 0.556. The highest BCUT2D eigenvalue weighted by molar-refractivity contribution is 5.75. The van der Waals surface area contributed by atoms with Crippen molar-refractivity contribution >= 4 is 11.9 Å². The van der Waals surface area contributed by atoms with Gasteiger partial charge in [0, 0.05) is 20.0 Å². The van der Waals surface area contributed by atoms with Gasteiger partial charge in [-0.1, -0.05) is 6.08 Å². The van der Waals surface area contributed by atoms with Gasteiger partial charge in [-0.2, -0.15) is 0 Å². The van der Waals surface area contributed by atoms with Crippen molar-refractivity contribution in [3.63, 3.8) is 0 Å². The van der Waals surface area contributed by atoms with Crippen LogP contribution >= 0.6 is 0 Å². The van der Waals surface area contributed by atoms with E-state index in [1.54, 1.807) is 7.05 Å². The van der Waals surface area contributed by atoms with E-state index in [9.17, 15) is 9.59 Å². The van der Waals surface area contributed by atoms with Crippen molar-refractivity contribution < 1.29 is 9.59 Å². The number of nitrogens with one attached hydrogen (secondary N) is 1. The van der Waals surface area contributed by atoms with E-state index < -0.39 is 6.03 Å². The highest BCUT2D eigenvalue weighted by atomic mass is 16.4. The van der Waals surface area contributed by atoms with Gasteiger partial charge in [-0.05, 0) is 6.42 Å². The number of rotatable bonds is 7. The van der Waals surface area contributed by atoms with E-state index >= 15 is 0 Å². The third-order valence-electron chi connectivity index (χ3n) is 1.67. The standard InChI is InChI=1S/C9H17N4O2/c1-3-7-13(9(10)15)12-6-4-5-8(14)11-2/h3H,1,4-7H2,2H3,(H2,10,15)(H,11,14)/i9+2. The molecule has 0 bridgehead atoms. The van der Waals surface area contributed by atoms with E-state index in [0.717, 1.165) is 5.01 Å². The molecule has 0 aromatic heterocycles. The number of nitrogens with two attached hydrogens (primary N) is 1. The van der Waals surface area contributed by atoms with Gasteiger partial charge < -0.3 is 11.1 Å². The second-order valence-electron chi connectivity index (χ2n) is 2.85. The Labute approximate surface area is 89.5 Å². The lowest BCUT2D eigenvalue weighted by atomic mass is 10.3. The maximum atomic E-state index is 10.8. The number of urea groups is 1. The first-order valence-corrected chi connectivity index (χ1v) is 4.67. The van der Waals surface area contributed by atoms with Crippen LogP contribution in [-0.2, 0) is 4.79 Å². The molecular weight excluding hydrogens is 198 g/mol. The summed E-state index contributed by atoms with van der Waals surface area (Å²) in [5.41, 5.74) is 8.98. The van der Waals surface area contributed by atoms with Crippen LogP contribution in [0, 0.1) is 0 Å². The summed E-state index contributed by atoms with van der Waals surface area (Å²) in [7, 11) is 1.58. The molecule has 0 aromatic carbocycles. The SMILES string of the molecule is C=CCN([N]CCCC(=O)NC)[14C](N)=O. The Morgan fingerprint density at radius 3 is 2.87 bits per heavy atom. The minimum Gasteiger partial charge on any atom is -0.359 e. The van der Waals surface area contributed by atoms with Gasteiger partial charge >= 0.3 is 6.03 Å². The van der Waals surface area contributed by atoms with Crippen LogP contribution in [-0.4, -0.2) is 37.1 Å². The Bertz CT molecular complexity index is 230. The molecule has 0 fully saturated rings. The quantitative estimate of drug-likeness (QED) is 0.344. The van der Waals surface area contributed by atoms with E-state index in [0.29, 0.717) is 19.4 Å². The number of hydrogen-bond donors (Lipinski definition) is 2. The first kappa shape index (κ1) is 13.4. The van der Waals surface area contributed by atoms with Crippen LogP contribution in [0.1, 0.15) is 12.8 Å². The second-order valence-corrected chi connectivity index (χ2v) is 2.85. The van der Waals surface area contributed by atoms with Crippen LogP contribution in [0.15, 0.2) is 12.7 Å². The molecule has 0 atom stereocenters. The molecule has 0 aliphatic rings. The van der Waals surface area contributed by atoms with Crippen molar-refractivity contribution in [2.75, 3.05) is 20.1 Å². The van der Waals surface area contributed by atoms with Gasteiger partial charge in [-0.3, -0.25) is 4.79 Å². The summed E-state index contributed by atoms with van der Waals surface area (Å²) in [4.78, 5) is 21.6. The number of nitrogens with zero attached hydrogens (tertiary/aromatic N) is 2. The lowest BCUT2D eigenvalue weighted by Gasteiger charge is -2.16. The van der Waals surface area contributed by atoms with Gasteiger partial charge in [0.25, 0.3) is 0 Å². The molecule has 85 valence electrons. The van der Waals surface area contributed by atoms with Gasteiger partial charge in [0.15, 0.2) is 0 Å². The molecule has 0 saturated carbocycles. The molecule has 0 unspecified atom stereocenters. The number of carbonyl (C=O) groups is 2. The molecule has 0 aliphatic carbocycles. The average molecular weight is 215 g/mol. The zero-order chi connectivity index (χ0) is 11.7. The molecule has 3 N–H and O–H groups in total. The Balaban J connectivity index is 3.66. The number of amides is 3. The summed E-state index contributed by atoms with van der Waals surface area (Å²) < 4.78 is 0. The maximum Gasteiger partial charge on any atom is 0.330 e. The molecule has 3 amide bonds. The molecule has 0 spiro atoms. The molecular formula is C9H17N4O2. The normalized spacial score (nSPS) is 9.40. The van der Waals surface area contributed by atoms with E-state index in [-0.39, 0.29) is 12.5 Å². The van der Waals surface area contributed by atoms with Crippen LogP contribution in [0.2, 0.25) is 0 Å². The highest BCUT2D eigenvalue weighted by Gasteiger charge is 2.07. The van der Waals surface area contributed by atoms with Gasteiger partial charge in [-0.15, -0.1) is 12.0 Å². The number of carbonyl (C=O) groups excluding carboxylic acids is 2. The highest BCUT2D eigenvalue weighted by Crippen LogP contribution is 1.90. The second kappa shape index (κ2) is 7.81. The summed E-state index contributed by atoms with van der Waals surface area (Å²) in [6.45, 7) is 4.16. The molecule has 0 saturated heterocycles.